The summed E-state index contributed by atoms with van der Waals surface area (Å²) in [6, 6.07) is 6.67. The molecule has 2 unspecified atom stereocenters. The Morgan fingerprint density at radius 2 is 1.70 bits per heavy atom. The van der Waals surface area contributed by atoms with Gasteiger partial charge in [0.25, 0.3) is 0 Å². The molecule has 2 atom stereocenters. The third kappa shape index (κ3) is 3.44. The van der Waals surface area contributed by atoms with Gasteiger partial charge in [-0.2, -0.15) is 0 Å². The van der Waals surface area contributed by atoms with Crippen molar-refractivity contribution >= 4 is 0 Å². The fourth-order valence-corrected chi connectivity index (χ4v) is 4.20. The number of hydrogen-bond donors (Lipinski definition) is 1. The highest BCUT2D eigenvalue weighted by Crippen LogP contribution is 2.45. The third-order valence-electron chi connectivity index (χ3n) is 4.84. The van der Waals surface area contributed by atoms with Crippen LogP contribution in [0.4, 0.5) is 0 Å². The molecule has 1 N–H and O–H groups in total. The summed E-state index contributed by atoms with van der Waals surface area (Å²) >= 11 is 0. The Bertz CT molecular complexity index is 449. The van der Waals surface area contributed by atoms with Gasteiger partial charge in [-0.25, -0.2) is 0 Å². The van der Waals surface area contributed by atoms with E-state index in [0.29, 0.717) is 5.92 Å². The summed E-state index contributed by atoms with van der Waals surface area (Å²) in [6.45, 7) is 11.1. The number of aryl methyl sites for hydroxylation is 2. The Morgan fingerprint density at radius 1 is 1.10 bits per heavy atom. The van der Waals surface area contributed by atoms with Crippen LogP contribution in [0.2, 0.25) is 0 Å². The molecule has 0 radical (unpaired) electrons. The Morgan fingerprint density at radius 3 is 2.25 bits per heavy atom. The van der Waals surface area contributed by atoms with Crippen molar-refractivity contribution in [3.05, 3.63) is 34.9 Å². The zero-order valence-electron chi connectivity index (χ0n) is 13.8. The van der Waals surface area contributed by atoms with E-state index in [4.69, 9.17) is 0 Å². The summed E-state index contributed by atoms with van der Waals surface area (Å²) in [5.74, 6) is 0.393. The lowest BCUT2D eigenvalue weighted by Gasteiger charge is -2.47. The molecule has 0 heterocycles. The predicted molar refractivity (Wildman–Crippen MR) is 86.0 cm³/mol. The van der Waals surface area contributed by atoms with Crippen LogP contribution in [-0.4, -0.2) is 10.7 Å². The normalized spacial score (nSPS) is 27.6. The molecule has 1 saturated carbocycles. The Hall–Kier alpha value is -0.820. The van der Waals surface area contributed by atoms with Gasteiger partial charge in [0.2, 0.25) is 0 Å². The molecule has 0 bridgehead atoms. The molecule has 1 heteroatoms. The van der Waals surface area contributed by atoms with E-state index in [1.165, 1.54) is 23.1 Å². The smallest absolute Gasteiger partial charge is 0.0720 e. The van der Waals surface area contributed by atoms with Crippen LogP contribution in [0.15, 0.2) is 18.2 Å². The van der Waals surface area contributed by atoms with Crippen molar-refractivity contribution in [2.24, 2.45) is 11.3 Å². The number of aliphatic hydroxyl groups is 1. The molecule has 0 aliphatic heterocycles. The summed E-state index contributed by atoms with van der Waals surface area (Å²) in [4.78, 5) is 0. The van der Waals surface area contributed by atoms with Crippen molar-refractivity contribution in [2.75, 3.05) is 0 Å². The maximum Gasteiger partial charge on any atom is 0.0720 e. The zero-order chi connectivity index (χ0) is 15.0. The molecule has 0 amide bonds. The third-order valence-corrected chi connectivity index (χ3v) is 4.84. The van der Waals surface area contributed by atoms with Crippen molar-refractivity contribution in [1.29, 1.82) is 0 Å². The van der Waals surface area contributed by atoms with Gasteiger partial charge >= 0.3 is 0 Å². The van der Waals surface area contributed by atoms with E-state index in [9.17, 15) is 5.11 Å². The molecular weight excluding hydrogens is 244 g/mol. The Kier molecular flexibility index (Phi) is 4.30. The standard InChI is InChI=1S/C19H30O/c1-14-10-15(2)12-16(11-14)13-19(20)9-7-6-8-17(19)18(3,4)5/h10-12,17,20H,6-9,13H2,1-5H3. The highest BCUT2D eigenvalue weighted by molar-refractivity contribution is 5.30. The second kappa shape index (κ2) is 5.52. The second-order valence-corrected chi connectivity index (χ2v) is 7.94. The van der Waals surface area contributed by atoms with Gasteiger partial charge in [-0.05, 0) is 43.6 Å². The second-order valence-electron chi connectivity index (χ2n) is 7.94. The summed E-state index contributed by atoms with van der Waals surface area (Å²) < 4.78 is 0. The van der Waals surface area contributed by atoms with Crippen LogP contribution in [-0.2, 0) is 6.42 Å². The first-order valence-electron chi connectivity index (χ1n) is 8.00. The topological polar surface area (TPSA) is 20.2 Å². The van der Waals surface area contributed by atoms with E-state index >= 15 is 0 Å². The lowest BCUT2D eigenvalue weighted by molar-refractivity contribution is -0.0889. The SMILES string of the molecule is Cc1cc(C)cc(CC2(O)CCCCC2C(C)(C)C)c1. The Balaban J connectivity index is 2.27. The van der Waals surface area contributed by atoms with E-state index in [1.807, 2.05) is 0 Å². The molecule has 0 saturated heterocycles. The molecule has 1 aliphatic rings. The largest absolute Gasteiger partial charge is 0.389 e. The minimum absolute atomic E-state index is 0.175. The maximum atomic E-state index is 11.3. The average molecular weight is 274 g/mol. The van der Waals surface area contributed by atoms with Crippen molar-refractivity contribution in [1.82, 2.24) is 0 Å². The van der Waals surface area contributed by atoms with Crippen molar-refractivity contribution < 1.29 is 5.11 Å². The number of benzene rings is 1. The Labute approximate surface area is 124 Å². The van der Waals surface area contributed by atoms with Crippen molar-refractivity contribution in [2.45, 2.75) is 72.3 Å². The molecule has 1 nitrogen and oxygen atoms in total. The molecule has 2 rings (SSSR count). The summed E-state index contributed by atoms with van der Waals surface area (Å²) in [6.07, 6.45) is 5.33. The van der Waals surface area contributed by atoms with E-state index < -0.39 is 5.60 Å². The first kappa shape index (κ1) is 15.6. The minimum atomic E-state index is -0.531. The molecule has 0 spiro atoms. The van der Waals surface area contributed by atoms with Crippen LogP contribution in [0.5, 0.6) is 0 Å². The molecule has 1 aromatic rings. The fourth-order valence-electron chi connectivity index (χ4n) is 4.20. The van der Waals surface area contributed by atoms with Crippen LogP contribution in [0, 0.1) is 25.2 Å². The maximum absolute atomic E-state index is 11.3. The van der Waals surface area contributed by atoms with Crippen molar-refractivity contribution in [3.63, 3.8) is 0 Å². The van der Waals surface area contributed by atoms with Crippen LogP contribution < -0.4 is 0 Å². The average Bonchev–Trinajstić information content (AvgIpc) is 2.25. The molecule has 1 aromatic carbocycles. The number of rotatable bonds is 2. The van der Waals surface area contributed by atoms with Crippen LogP contribution >= 0.6 is 0 Å². The highest BCUT2D eigenvalue weighted by atomic mass is 16.3. The first-order chi connectivity index (χ1) is 9.21. The van der Waals surface area contributed by atoms with Gasteiger partial charge in [0.05, 0.1) is 5.60 Å². The molecule has 0 aromatic heterocycles. The van der Waals surface area contributed by atoms with Gasteiger partial charge in [0.15, 0.2) is 0 Å². The van der Waals surface area contributed by atoms with Gasteiger partial charge in [-0.15, -0.1) is 0 Å². The highest BCUT2D eigenvalue weighted by Gasteiger charge is 2.44. The van der Waals surface area contributed by atoms with E-state index in [0.717, 1.165) is 25.7 Å². The zero-order valence-corrected chi connectivity index (χ0v) is 13.8. The lowest BCUT2D eigenvalue weighted by Crippen LogP contribution is -2.48. The molecule has 1 fully saturated rings. The lowest BCUT2D eigenvalue weighted by atomic mass is 9.62. The van der Waals surface area contributed by atoms with E-state index in [1.54, 1.807) is 0 Å². The molecule has 112 valence electrons. The van der Waals surface area contributed by atoms with Gasteiger partial charge in [0, 0.05) is 6.42 Å². The first-order valence-corrected chi connectivity index (χ1v) is 8.00. The number of hydrogen-bond acceptors (Lipinski definition) is 1. The predicted octanol–water partition coefficient (Wildman–Crippen LogP) is 4.81. The van der Waals surface area contributed by atoms with Gasteiger partial charge in [-0.3, -0.25) is 0 Å². The van der Waals surface area contributed by atoms with Gasteiger partial charge in [0.1, 0.15) is 0 Å². The van der Waals surface area contributed by atoms with E-state index in [2.05, 4.69) is 52.8 Å². The van der Waals surface area contributed by atoms with Crippen LogP contribution in [0.1, 0.15) is 63.1 Å². The monoisotopic (exact) mass is 274 g/mol. The van der Waals surface area contributed by atoms with Gasteiger partial charge < -0.3 is 5.11 Å². The molecule has 1 aliphatic carbocycles. The fraction of sp³-hybridized carbons (Fsp3) is 0.684. The minimum Gasteiger partial charge on any atom is -0.389 e. The van der Waals surface area contributed by atoms with E-state index in [-0.39, 0.29) is 5.41 Å². The summed E-state index contributed by atoms with van der Waals surface area (Å²) in [7, 11) is 0. The van der Waals surface area contributed by atoms with Crippen LogP contribution in [0.25, 0.3) is 0 Å². The summed E-state index contributed by atoms with van der Waals surface area (Å²) in [5.41, 5.74) is 3.53. The van der Waals surface area contributed by atoms with Crippen molar-refractivity contribution in [3.8, 4) is 0 Å². The molecule has 20 heavy (non-hydrogen) atoms. The molecular formula is C19H30O. The summed E-state index contributed by atoms with van der Waals surface area (Å²) in [5, 5.41) is 11.3. The quantitative estimate of drug-likeness (QED) is 0.820. The van der Waals surface area contributed by atoms with Crippen LogP contribution in [0.3, 0.4) is 0 Å². The van der Waals surface area contributed by atoms with Gasteiger partial charge in [-0.1, -0.05) is 62.9 Å².